The maximum absolute atomic E-state index is 10.8. The van der Waals surface area contributed by atoms with Crippen molar-refractivity contribution in [1.29, 1.82) is 0 Å². The van der Waals surface area contributed by atoms with Crippen molar-refractivity contribution in [2.45, 2.75) is 13.0 Å². The minimum Gasteiger partial charge on any atom is -1.00 e. The normalized spacial score (nSPS) is 12.7. The van der Waals surface area contributed by atoms with Crippen molar-refractivity contribution in [3.8, 4) is 11.5 Å². The summed E-state index contributed by atoms with van der Waals surface area (Å²) in [5, 5.41) is 27.5. The second-order valence-electron chi connectivity index (χ2n) is 3.45. The van der Waals surface area contributed by atoms with Crippen LogP contribution < -0.4 is 29.6 Å². The van der Waals surface area contributed by atoms with Crippen LogP contribution in [-0.2, 0) is 4.79 Å². The first-order valence-electron chi connectivity index (χ1n) is 4.86. The second kappa shape index (κ2) is 7.68. The van der Waals surface area contributed by atoms with Crippen LogP contribution in [-0.4, -0.2) is 38.8 Å². The summed E-state index contributed by atoms with van der Waals surface area (Å²) < 4.78 is 0. The van der Waals surface area contributed by atoms with Crippen molar-refractivity contribution in [2.24, 2.45) is 4.99 Å². The number of carboxylic acid groups (broad SMARTS) is 1. The maximum Gasteiger partial charge on any atom is 1.00 e. The van der Waals surface area contributed by atoms with Crippen molar-refractivity contribution < 1.29 is 51.1 Å². The second-order valence-corrected chi connectivity index (χ2v) is 3.82. The topological polar surface area (TPSA) is 90.1 Å². The molecule has 0 aromatic heterocycles. The number of hydrogen-bond donors (Lipinski definition) is 4. The molecule has 1 rings (SSSR count). The number of carbonyl (C=O) groups is 1. The summed E-state index contributed by atoms with van der Waals surface area (Å²) in [5.74, 6) is -1.21. The van der Waals surface area contributed by atoms with Crippen molar-refractivity contribution >= 4 is 24.3 Å². The number of nitrogens with zero attached hydrogens (tertiary/aromatic N) is 1. The first kappa shape index (κ1) is 17.3. The Morgan fingerprint density at radius 2 is 2.11 bits per heavy atom. The van der Waals surface area contributed by atoms with Gasteiger partial charge in [0.15, 0.2) is 6.04 Å². The molecule has 7 heteroatoms. The molecule has 0 radical (unpaired) electrons. The van der Waals surface area contributed by atoms with Crippen LogP contribution in [0.25, 0.3) is 0 Å². The SMILES string of the molecule is CC(=NC(CS)C(=O)O)c1ccc(O)cc1O.[H-].[Na+]. The van der Waals surface area contributed by atoms with E-state index in [1.165, 1.54) is 18.2 Å². The fraction of sp³-hybridized carbons (Fsp3) is 0.273. The zero-order valence-corrected chi connectivity index (χ0v) is 13.1. The fourth-order valence-corrected chi connectivity index (χ4v) is 1.54. The van der Waals surface area contributed by atoms with Crippen LogP contribution >= 0.6 is 12.6 Å². The molecule has 3 N–H and O–H groups in total. The van der Waals surface area contributed by atoms with Gasteiger partial charge in [-0.05, 0) is 19.1 Å². The number of benzene rings is 1. The molecule has 0 fully saturated rings. The van der Waals surface area contributed by atoms with Gasteiger partial charge >= 0.3 is 35.5 Å². The van der Waals surface area contributed by atoms with E-state index in [0.29, 0.717) is 11.3 Å². The molecule has 18 heavy (non-hydrogen) atoms. The molecule has 94 valence electrons. The van der Waals surface area contributed by atoms with Gasteiger partial charge in [0.25, 0.3) is 0 Å². The Balaban J connectivity index is 0. The Labute approximate surface area is 134 Å². The van der Waals surface area contributed by atoms with E-state index in [1.54, 1.807) is 6.92 Å². The summed E-state index contributed by atoms with van der Waals surface area (Å²) in [4.78, 5) is 14.7. The third kappa shape index (κ3) is 4.53. The van der Waals surface area contributed by atoms with Gasteiger partial charge in [-0.2, -0.15) is 12.6 Å². The summed E-state index contributed by atoms with van der Waals surface area (Å²) >= 11 is 3.89. The van der Waals surface area contributed by atoms with Crippen LogP contribution in [0.2, 0.25) is 0 Å². The van der Waals surface area contributed by atoms with Gasteiger partial charge in [-0.25, -0.2) is 4.79 Å². The molecule has 0 spiro atoms. The summed E-state index contributed by atoms with van der Waals surface area (Å²) in [7, 11) is 0. The molecule has 1 unspecified atom stereocenters. The maximum atomic E-state index is 10.8. The van der Waals surface area contributed by atoms with Gasteiger partial charge in [0.05, 0.1) is 0 Å². The molecular weight excluding hydrogens is 265 g/mol. The van der Waals surface area contributed by atoms with Crippen molar-refractivity contribution in [3.05, 3.63) is 23.8 Å². The fourth-order valence-electron chi connectivity index (χ4n) is 1.30. The van der Waals surface area contributed by atoms with Crippen molar-refractivity contribution in [2.75, 3.05) is 5.75 Å². The molecule has 0 saturated heterocycles. The van der Waals surface area contributed by atoms with Gasteiger partial charge < -0.3 is 16.7 Å². The average Bonchev–Trinajstić information content (AvgIpc) is 2.24. The number of thiol groups is 1. The minimum absolute atomic E-state index is 0. The summed E-state index contributed by atoms with van der Waals surface area (Å²) in [5.41, 5.74) is 0.764. The average molecular weight is 279 g/mol. The van der Waals surface area contributed by atoms with Gasteiger partial charge in [0.2, 0.25) is 0 Å². The number of phenolic OH excluding ortho intramolecular Hbond substituents is 2. The van der Waals surface area contributed by atoms with Gasteiger partial charge in [0, 0.05) is 23.1 Å². The summed E-state index contributed by atoms with van der Waals surface area (Å²) in [6.07, 6.45) is 0. The van der Waals surface area contributed by atoms with Gasteiger partial charge in [0.1, 0.15) is 11.5 Å². The number of phenols is 2. The summed E-state index contributed by atoms with van der Waals surface area (Å²) in [6.45, 7) is 1.59. The monoisotopic (exact) mass is 279 g/mol. The van der Waals surface area contributed by atoms with Gasteiger partial charge in [-0.15, -0.1) is 0 Å². The number of aliphatic imine (C=N–C) groups is 1. The molecule has 1 aromatic rings. The smallest absolute Gasteiger partial charge is 1.00 e. The van der Waals surface area contributed by atoms with Crippen LogP contribution in [0.15, 0.2) is 23.2 Å². The number of hydrogen-bond acceptors (Lipinski definition) is 5. The number of carboxylic acids is 1. The molecular formula is C11H14NNaO4S. The predicted molar refractivity (Wildman–Crippen MR) is 68.4 cm³/mol. The third-order valence-corrected chi connectivity index (χ3v) is 2.52. The Hall–Kier alpha value is -0.690. The summed E-state index contributed by atoms with van der Waals surface area (Å²) in [6, 6.07) is 3.09. The number of rotatable bonds is 4. The molecule has 1 aromatic carbocycles. The van der Waals surface area contributed by atoms with Crippen LogP contribution in [0, 0.1) is 0 Å². The Morgan fingerprint density at radius 1 is 1.50 bits per heavy atom. The predicted octanol–water partition coefficient (Wildman–Crippen LogP) is -1.59. The molecule has 0 heterocycles. The van der Waals surface area contributed by atoms with E-state index < -0.39 is 12.0 Å². The standard InChI is InChI=1S/C11H13NO4S.Na.H/c1-6(12-9(5-17)11(15)16)8-3-2-7(13)4-10(8)14;;/h2-4,9,13-14,17H,5H2,1H3,(H,15,16);;/q;+1;-1. The molecule has 0 aliphatic rings. The van der Waals surface area contributed by atoms with Crippen LogP contribution in [0.1, 0.15) is 13.9 Å². The molecule has 0 aliphatic carbocycles. The molecule has 0 aliphatic heterocycles. The van der Waals surface area contributed by atoms with Crippen molar-refractivity contribution in [1.82, 2.24) is 0 Å². The van der Waals surface area contributed by atoms with Crippen LogP contribution in [0.3, 0.4) is 0 Å². The van der Waals surface area contributed by atoms with E-state index in [0.717, 1.165) is 0 Å². The Morgan fingerprint density at radius 3 is 2.56 bits per heavy atom. The van der Waals surface area contributed by atoms with E-state index in [4.69, 9.17) is 10.2 Å². The molecule has 1 atom stereocenters. The zero-order valence-electron chi connectivity index (χ0n) is 11.2. The van der Waals surface area contributed by atoms with E-state index in [2.05, 4.69) is 17.6 Å². The Bertz CT molecular complexity index is 470. The third-order valence-electron chi connectivity index (χ3n) is 2.18. The molecule has 5 nitrogen and oxygen atoms in total. The number of aliphatic carboxylic acids is 1. The molecule has 0 bridgehead atoms. The van der Waals surface area contributed by atoms with E-state index in [-0.39, 0.29) is 48.2 Å². The molecule has 0 amide bonds. The van der Waals surface area contributed by atoms with Gasteiger partial charge in [-0.3, -0.25) is 4.99 Å². The van der Waals surface area contributed by atoms with Crippen LogP contribution in [0.5, 0.6) is 11.5 Å². The van der Waals surface area contributed by atoms with E-state index in [9.17, 15) is 9.90 Å². The minimum atomic E-state index is -1.07. The molecule has 0 saturated carbocycles. The largest absolute Gasteiger partial charge is 1.00 e. The Kier molecular flexibility index (Phi) is 7.39. The number of aromatic hydroxyl groups is 2. The quantitative estimate of drug-likeness (QED) is 0.304. The van der Waals surface area contributed by atoms with E-state index in [1.807, 2.05) is 0 Å². The first-order valence-corrected chi connectivity index (χ1v) is 5.49. The van der Waals surface area contributed by atoms with E-state index >= 15 is 0 Å². The zero-order chi connectivity index (χ0) is 13.0. The van der Waals surface area contributed by atoms with Crippen LogP contribution in [0.4, 0.5) is 0 Å². The van der Waals surface area contributed by atoms with Gasteiger partial charge in [-0.1, -0.05) is 0 Å². The first-order chi connectivity index (χ1) is 7.95. The van der Waals surface area contributed by atoms with Crippen molar-refractivity contribution in [3.63, 3.8) is 0 Å².